The molecular weight excluding hydrogens is 518 g/mol. The molecule has 1 fully saturated rings. The second-order valence-corrected chi connectivity index (χ2v) is 10.5. The Kier molecular flexibility index (Phi) is 9.95. The molecule has 182 valence electrons. The van der Waals surface area contributed by atoms with Crippen LogP contribution in [0.25, 0.3) is 0 Å². The number of nitro benzene ring substituents is 1. The summed E-state index contributed by atoms with van der Waals surface area (Å²) in [5.74, 6) is 0.539. The number of nitrogens with one attached hydrogen (secondary N) is 1. The SMILES string of the molecule is C[C@@H](C(=O)NC1CCCCC1)N(Cc1cccc(Br)c1)C(=O)CSCc1ccc([N+](=O)[O-])cc1. The zero-order valence-electron chi connectivity index (χ0n) is 19.2. The van der Waals surface area contributed by atoms with Crippen LogP contribution in [-0.4, -0.2) is 39.5 Å². The summed E-state index contributed by atoms with van der Waals surface area (Å²) < 4.78 is 0.921. The zero-order valence-corrected chi connectivity index (χ0v) is 21.6. The van der Waals surface area contributed by atoms with Crippen LogP contribution >= 0.6 is 27.7 Å². The van der Waals surface area contributed by atoms with Crippen LogP contribution in [0.3, 0.4) is 0 Å². The van der Waals surface area contributed by atoms with E-state index in [9.17, 15) is 19.7 Å². The number of hydrogen-bond donors (Lipinski definition) is 1. The van der Waals surface area contributed by atoms with E-state index in [0.717, 1.165) is 41.3 Å². The number of rotatable bonds is 10. The van der Waals surface area contributed by atoms with E-state index in [0.29, 0.717) is 12.3 Å². The van der Waals surface area contributed by atoms with Crippen molar-refractivity contribution < 1.29 is 14.5 Å². The van der Waals surface area contributed by atoms with Crippen LogP contribution in [-0.2, 0) is 21.9 Å². The highest BCUT2D eigenvalue weighted by Crippen LogP contribution is 2.21. The van der Waals surface area contributed by atoms with E-state index in [2.05, 4.69) is 21.2 Å². The molecule has 0 saturated heterocycles. The number of nitrogens with zero attached hydrogens (tertiary/aromatic N) is 2. The van der Waals surface area contributed by atoms with Gasteiger partial charge in [0.25, 0.3) is 5.69 Å². The number of halogens is 1. The maximum atomic E-state index is 13.2. The lowest BCUT2D eigenvalue weighted by molar-refractivity contribution is -0.384. The average Bonchev–Trinajstić information content (AvgIpc) is 2.83. The Hall–Kier alpha value is -2.39. The minimum absolute atomic E-state index is 0.0443. The molecule has 7 nitrogen and oxygen atoms in total. The summed E-state index contributed by atoms with van der Waals surface area (Å²) in [6, 6.07) is 13.7. The van der Waals surface area contributed by atoms with Crippen molar-refractivity contribution in [3.05, 3.63) is 74.2 Å². The summed E-state index contributed by atoms with van der Waals surface area (Å²) in [6.45, 7) is 2.13. The topological polar surface area (TPSA) is 92.6 Å². The number of thioether (sulfide) groups is 1. The van der Waals surface area contributed by atoms with Gasteiger partial charge in [-0.3, -0.25) is 19.7 Å². The average molecular weight is 549 g/mol. The maximum Gasteiger partial charge on any atom is 0.269 e. The molecular formula is C25H30BrN3O4S. The lowest BCUT2D eigenvalue weighted by Gasteiger charge is -2.31. The monoisotopic (exact) mass is 547 g/mol. The largest absolute Gasteiger partial charge is 0.352 e. The first-order chi connectivity index (χ1) is 16.3. The number of carbonyl (C=O) groups excluding carboxylic acids is 2. The van der Waals surface area contributed by atoms with Crippen LogP contribution in [0.2, 0.25) is 0 Å². The Balaban J connectivity index is 1.64. The van der Waals surface area contributed by atoms with Crippen LogP contribution in [0.4, 0.5) is 5.69 Å². The van der Waals surface area contributed by atoms with Crippen LogP contribution in [0.1, 0.15) is 50.2 Å². The van der Waals surface area contributed by atoms with E-state index in [1.165, 1.54) is 30.3 Å². The van der Waals surface area contributed by atoms with E-state index < -0.39 is 11.0 Å². The van der Waals surface area contributed by atoms with Gasteiger partial charge in [-0.2, -0.15) is 0 Å². The molecule has 0 aromatic heterocycles. The summed E-state index contributed by atoms with van der Waals surface area (Å²) in [5, 5.41) is 14.0. The van der Waals surface area contributed by atoms with Crippen LogP contribution in [0.15, 0.2) is 53.0 Å². The zero-order chi connectivity index (χ0) is 24.5. The fourth-order valence-corrected chi connectivity index (χ4v) is 5.35. The summed E-state index contributed by atoms with van der Waals surface area (Å²) in [6.07, 6.45) is 5.44. The number of amides is 2. The van der Waals surface area contributed by atoms with Gasteiger partial charge in [0.05, 0.1) is 10.7 Å². The van der Waals surface area contributed by atoms with Gasteiger partial charge < -0.3 is 10.2 Å². The first kappa shape index (κ1) is 26.2. The highest BCUT2D eigenvalue weighted by molar-refractivity contribution is 9.10. The third-order valence-corrected chi connectivity index (χ3v) is 7.48. The van der Waals surface area contributed by atoms with Crippen molar-refractivity contribution in [3.63, 3.8) is 0 Å². The van der Waals surface area contributed by atoms with Crippen molar-refractivity contribution >= 4 is 45.2 Å². The Morgan fingerprint density at radius 3 is 2.50 bits per heavy atom. The Bertz CT molecular complexity index is 996. The number of carbonyl (C=O) groups is 2. The molecule has 0 aliphatic heterocycles. The second-order valence-electron chi connectivity index (χ2n) is 8.59. The fourth-order valence-electron chi connectivity index (χ4n) is 4.04. The first-order valence-electron chi connectivity index (χ1n) is 11.5. The number of hydrogen-bond acceptors (Lipinski definition) is 5. The fraction of sp³-hybridized carbons (Fsp3) is 0.440. The van der Waals surface area contributed by atoms with Crippen molar-refractivity contribution in [1.29, 1.82) is 0 Å². The molecule has 0 radical (unpaired) electrons. The molecule has 1 saturated carbocycles. The van der Waals surface area contributed by atoms with Gasteiger partial charge in [0.2, 0.25) is 11.8 Å². The molecule has 9 heteroatoms. The van der Waals surface area contributed by atoms with Crippen molar-refractivity contribution in [2.75, 3.05) is 5.75 Å². The van der Waals surface area contributed by atoms with Crippen molar-refractivity contribution in [2.24, 2.45) is 0 Å². The van der Waals surface area contributed by atoms with E-state index in [-0.39, 0.29) is 29.3 Å². The minimum atomic E-state index is -0.589. The number of non-ortho nitro benzene ring substituents is 1. The Morgan fingerprint density at radius 2 is 1.85 bits per heavy atom. The third-order valence-electron chi connectivity index (χ3n) is 6.00. The molecule has 2 aromatic rings. The predicted molar refractivity (Wildman–Crippen MR) is 138 cm³/mol. The second kappa shape index (κ2) is 12.9. The minimum Gasteiger partial charge on any atom is -0.352 e. The molecule has 2 amide bonds. The van der Waals surface area contributed by atoms with Gasteiger partial charge in [0, 0.05) is 34.9 Å². The van der Waals surface area contributed by atoms with Gasteiger partial charge in [-0.25, -0.2) is 0 Å². The van der Waals surface area contributed by atoms with Gasteiger partial charge in [-0.05, 0) is 43.0 Å². The quantitative estimate of drug-likeness (QED) is 0.315. The molecule has 1 aliphatic carbocycles. The predicted octanol–water partition coefficient (Wildman–Crippen LogP) is 5.46. The summed E-state index contributed by atoms with van der Waals surface area (Å²) in [7, 11) is 0. The van der Waals surface area contributed by atoms with Gasteiger partial charge in [0.1, 0.15) is 6.04 Å². The van der Waals surface area contributed by atoms with Crippen LogP contribution < -0.4 is 5.32 Å². The number of benzene rings is 2. The third kappa shape index (κ3) is 7.84. The standard InChI is InChI=1S/C25H30BrN3O4S/c1-18(25(31)27-22-8-3-2-4-9-22)28(15-20-6-5-7-21(26)14-20)24(30)17-34-16-19-10-12-23(13-11-19)29(32)33/h5-7,10-14,18,22H,2-4,8-9,15-17H2,1H3,(H,27,31)/t18-/m0/s1. The molecule has 2 aromatic carbocycles. The first-order valence-corrected chi connectivity index (χ1v) is 13.4. The molecule has 0 bridgehead atoms. The van der Waals surface area contributed by atoms with E-state index in [4.69, 9.17) is 0 Å². The van der Waals surface area contributed by atoms with Crippen molar-refractivity contribution in [1.82, 2.24) is 10.2 Å². The summed E-state index contributed by atoms with van der Waals surface area (Å²) >= 11 is 4.91. The highest BCUT2D eigenvalue weighted by atomic mass is 79.9. The van der Waals surface area contributed by atoms with Crippen LogP contribution in [0, 0.1) is 10.1 Å². The lowest BCUT2D eigenvalue weighted by Crippen LogP contribution is -2.50. The smallest absolute Gasteiger partial charge is 0.269 e. The molecule has 0 unspecified atom stereocenters. The van der Waals surface area contributed by atoms with Gasteiger partial charge >= 0.3 is 0 Å². The summed E-state index contributed by atoms with van der Waals surface area (Å²) in [5.41, 5.74) is 1.90. The van der Waals surface area contributed by atoms with Crippen molar-refractivity contribution in [2.45, 2.75) is 63.4 Å². The molecule has 1 aliphatic rings. The molecule has 1 atom stereocenters. The maximum absolute atomic E-state index is 13.2. The molecule has 0 heterocycles. The highest BCUT2D eigenvalue weighted by Gasteiger charge is 2.28. The number of nitro groups is 1. The molecule has 0 spiro atoms. The summed E-state index contributed by atoms with van der Waals surface area (Å²) in [4.78, 5) is 38.3. The van der Waals surface area contributed by atoms with E-state index >= 15 is 0 Å². The van der Waals surface area contributed by atoms with E-state index in [1.807, 2.05) is 24.3 Å². The lowest BCUT2D eigenvalue weighted by atomic mass is 9.95. The molecule has 1 N–H and O–H groups in total. The molecule has 3 rings (SSSR count). The normalized spacial score (nSPS) is 14.9. The van der Waals surface area contributed by atoms with E-state index in [1.54, 1.807) is 24.0 Å². The Morgan fingerprint density at radius 1 is 1.15 bits per heavy atom. The Labute approximate surface area is 213 Å². The van der Waals surface area contributed by atoms with Crippen LogP contribution in [0.5, 0.6) is 0 Å². The van der Waals surface area contributed by atoms with Crippen molar-refractivity contribution in [3.8, 4) is 0 Å². The van der Waals surface area contributed by atoms with Gasteiger partial charge in [0.15, 0.2) is 0 Å². The molecule has 34 heavy (non-hydrogen) atoms. The van der Waals surface area contributed by atoms with Gasteiger partial charge in [-0.15, -0.1) is 11.8 Å². The van der Waals surface area contributed by atoms with Gasteiger partial charge in [-0.1, -0.05) is 59.5 Å².